The number of ether oxygens (including phenoxy) is 1. The van der Waals surface area contributed by atoms with Crippen molar-refractivity contribution >= 4 is 5.97 Å². The number of carbonyl (C=O) groups is 1. The van der Waals surface area contributed by atoms with Crippen LogP contribution in [0.4, 0.5) is 0 Å². The lowest BCUT2D eigenvalue weighted by Crippen LogP contribution is -2.22. The van der Waals surface area contributed by atoms with E-state index >= 15 is 0 Å². The lowest BCUT2D eigenvalue weighted by atomic mass is 9.84. The van der Waals surface area contributed by atoms with Gasteiger partial charge >= 0.3 is 5.97 Å². The van der Waals surface area contributed by atoms with Gasteiger partial charge in [0.1, 0.15) is 6.10 Å². The summed E-state index contributed by atoms with van der Waals surface area (Å²) in [6, 6.07) is 0. The van der Waals surface area contributed by atoms with E-state index in [0.29, 0.717) is 18.8 Å². The number of rotatable bonds is 3. The minimum absolute atomic E-state index is 0.0512. The van der Waals surface area contributed by atoms with Crippen molar-refractivity contribution in [3.63, 3.8) is 0 Å². The number of fused-ring (bicyclic) bond motifs is 1. The highest BCUT2D eigenvalue weighted by atomic mass is 16.6. The first-order chi connectivity index (χ1) is 9.65. The highest BCUT2D eigenvalue weighted by molar-refractivity contribution is 5.72. The molecular formula is C16H24O4. The molecule has 0 aromatic rings. The first kappa shape index (κ1) is 14.1. The Bertz CT molecular complexity index is 386. The Morgan fingerprint density at radius 2 is 2.00 bits per heavy atom. The van der Waals surface area contributed by atoms with Gasteiger partial charge < -0.3 is 14.9 Å². The summed E-state index contributed by atoms with van der Waals surface area (Å²) in [4.78, 5) is 11.3. The van der Waals surface area contributed by atoms with Crippen LogP contribution in [0.25, 0.3) is 0 Å². The third kappa shape index (κ3) is 2.77. The first-order valence-corrected chi connectivity index (χ1v) is 7.89. The largest absolute Gasteiger partial charge is 0.462 e. The molecule has 5 atom stereocenters. The van der Waals surface area contributed by atoms with Crippen molar-refractivity contribution in [1.82, 2.24) is 0 Å². The van der Waals surface area contributed by atoms with Crippen LogP contribution >= 0.6 is 0 Å². The highest BCUT2D eigenvalue weighted by Crippen LogP contribution is 2.42. The molecule has 0 aromatic carbocycles. The summed E-state index contributed by atoms with van der Waals surface area (Å²) in [6.45, 7) is 0. The van der Waals surface area contributed by atoms with Gasteiger partial charge in [0.05, 0.1) is 18.6 Å². The van der Waals surface area contributed by atoms with Gasteiger partial charge in [0.2, 0.25) is 0 Å². The number of hydrogen-bond donors (Lipinski definition) is 2. The molecule has 2 aliphatic carbocycles. The molecule has 1 aliphatic heterocycles. The Balaban J connectivity index is 1.61. The number of esters is 1. The topological polar surface area (TPSA) is 66.8 Å². The van der Waals surface area contributed by atoms with Crippen LogP contribution in [0.15, 0.2) is 12.2 Å². The van der Waals surface area contributed by atoms with Gasteiger partial charge in [0, 0.05) is 18.3 Å². The van der Waals surface area contributed by atoms with E-state index in [0.717, 1.165) is 12.8 Å². The Labute approximate surface area is 119 Å². The quantitative estimate of drug-likeness (QED) is 0.611. The van der Waals surface area contributed by atoms with E-state index in [1.54, 1.807) is 0 Å². The van der Waals surface area contributed by atoms with Crippen LogP contribution in [-0.2, 0) is 9.53 Å². The fraction of sp³-hybridized carbons (Fsp3) is 0.812. The second-order valence-electron chi connectivity index (χ2n) is 6.55. The van der Waals surface area contributed by atoms with E-state index < -0.39 is 12.2 Å². The molecule has 5 unspecified atom stereocenters. The second kappa shape index (κ2) is 5.86. The van der Waals surface area contributed by atoms with Gasteiger partial charge in [0.25, 0.3) is 0 Å². The van der Waals surface area contributed by atoms with Gasteiger partial charge in [-0.3, -0.25) is 4.79 Å². The van der Waals surface area contributed by atoms with E-state index in [-0.39, 0.29) is 23.9 Å². The molecule has 0 amide bonds. The summed E-state index contributed by atoms with van der Waals surface area (Å²) >= 11 is 0. The van der Waals surface area contributed by atoms with Crippen molar-refractivity contribution < 1.29 is 19.7 Å². The smallest absolute Gasteiger partial charge is 0.306 e. The molecule has 2 saturated carbocycles. The Kier molecular flexibility index (Phi) is 4.13. The SMILES string of the molecule is O=C1CC2C(CC(O)C2/C=C/C(O)C2CCCCC2)O1. The fourth-order valence-electron chi connectivity index (χ4n) is 4.06. The molecule has 112 valence electrons. The van der Waals surface area contributed by atoms with E-state index in [2.05, 4.69) is 0 Å². The molecule has 4 heteroatoms. The summed E-state index contributed by atoms with van der Waals surface area (Å²) in [5.41, 5.74) is 0. The second-order valence-corrected chi connectivity index (χ2v) is 6.55. The average molecular weight is 280 g/mol. The molecule has 0 aromatic heterocycles. The number of aliphatic hydroxyl groups is 2. The molecule has 0 spiro atoms. The van der Waals surface area contributed by atoms with Crippen LogP contribution in [0.3, 0.4) is 0 Å². The fourth-order valence-corrected chi connectivity index (χ4v) is 4.06. The molecular weight excluding hydrogens is 256 g/mol. The van der Waals surface area contributed by atoms with Crippen LogP contribution in [-0.4, -0.2) is 34.5 Å². The zero-order valence-corrected chi connectivity index (χ0v) is 11.8. The van der Waals surface area contributed by atoms with Crippen molar-refractivity contribution in [1.29, 1.82) is 0 Å². The maximum atomic E-state index is 11.3. The minimum atomic E-state index is -0.451. The maximum Gasteiger partial charge on any atom is 0.306 e. The van der Waals surface area contributed by atoms with Gasteiger partial charge in [-0.05, 0) is 18.8 Å². The third-order valence-corrected chi connectivity index (χ3v) is 5.24. The van der Waals surface area contributed by atoms with Crippen LogP contribution in [0.5, 0.6) is 0 Å². The predicted molar refractivity (Wildman–Crippen MR) is 73.8 cm³/mol. The van der Waals surface area contributed by atoms with E-state index in [1.165, 1.54) is 19.3 Å². The third-order valence-electron chi connectivity index (χ3n) is 5.24. The molecule has 0 bridgehead atoms. The summed E-state index contributed by atoms with van der Waals surface area (Å²) in [6.07, 6.45) is 9.57. The van der Waals surface area contributed by atoms with Gasteiger partial charge in [-0.2, -0.15) is 0 Å². The van der Waals surface area contributed by atoms with Crippen LogP contribution in [0, 0.1) is 17.8 Å². The molecule has 3 fully saturated rings. The number of hydrogen-bond acceptors (Lipinski definition) is 4. The van der Waals surface area contributed by atoms with E-state index in [4.69, 9.17) is 4.74 Å². The average Bonchev–Trinajstić information content (AvgIpc) is 2.92. The highest BCUT2D eigenvalue weighted by Gasteiger charge is 2.48. The van der Waals surface area contributed by atoms with Crippen molar-refractivity contribution in [3.05, 3.63) is 12.2 Å². The Hall–Kier alpha value is -0.870. The molecule has 3 rings (SSSR count). The molecule has 4 nitrogen and oxygen atoms in total. The molecule has 20 heavy (non-hydrogen) atoms. The first-order valence-electron chi connectivity index (χ1n) is 7.89. The van der Waals surface area contributed by atoms with Gasteiger partial charge in [0.15, 0.2) is 0 Å². The monoisotopic (exact) mass is 280 g/mol. The molecule has 3 aliphatic rings. The maximum absolute atomic E-state index is 11.3. The minimum Gasteiger partial charge on any atom is -0.462 e. The predicted octanol–water partition coefficient (Wildman–Crippen LogP) is 1.80. The lowest BCUT2D eigenvalue weighted by Gasteiger charge is -2.25. The number of aliphatic hydroxyl groups excluding tert-OH is 2. The summed E-state index contributed by atoms with van der Waals surface area (Å²) < 4.78 is 5.21. The van der Waals surface area contributed by atoms with E-state index in [9.17, 15) is 15.0 Å². The van der Waals surface area contributed by atoms with Crippen LogP contribution < -0.4 is 0 Å². The van der Waals surface area contributed by atoms with Gasteiger partial charge in [-0.1, -0.05) is 31.4 Å². The van der Waals surface area contributed by atoms with Crippen LogP contribution in [0.2, 0.25) is 0 Å². The Morgan fingerprint density at radius 1 is 1.25 bits per heavy atom. The van der Waals surface area contributed by atoms with Crippen molar-refractivity contribution in [2.75, 3.05) is 0 Å². The molecule has 1 saturated heterocycles. The van der Waals surface area contributed by atoms with E-state index in [1.807, 2.05) is 12.2 Å². The summed E-state index contributed by atoms with van der Waals surface area (Å²) in [5.74, 6) is 0.242. The molecule has 1 heterocycles. The van der Waals surface area contributed by atoms with Gasteiger partial charge in [-0.15, -0.1) is 0 Å². The van der Waals surface area contributed by atoms with Gasteiger partial charge in [-0.25, -0.2) is 0 Å². The number of carbonyl (C=O) groups excluding carboxylic acids is 1. The van der Waals surface area contributed by atoms with Crippen LogP contribution in [0.1, 0.15) is 44.9 Å². The summed E-state index contributed by atoms with van der Waals surface area (Å²) in [5, 5.41) is 20.3. The zero-order chi connectivity index (χ0) is 14.1. The summed E-state index contributed by atoms with van der Waals surface area (Å²) in [7, 11) is 0. The van der Waals surface area contributed by atoms with Crippen molar-refractivity contribution in [3.8, 4) is 0 Å². The molecule has 0 radical (unpaired) electrons. The van der Waals surface area contributed by atoms with Crippen molar-refractivity contribution in [2.24, 2.45) is 17.8 Å². The van der Waals surface area contributed by atoms with Crippen molar-refractivity contribution in [2.45, 2.75) is 63.3 Å². The normalized spacial score (nSPS) is 40.0. The molecule has 2 N–H and O–H groups in total. The standard InChI is InChI=1S/C16H24O4/c17-13(10-4-2-1-3-5-10)7-6-11-12-8-16(19)20-15(12)9-14(11)18/h6-7,10-15,17-18H,1-5,8-9H2/b7-6+. The Morgan fingerprint density at radius 3 is 2.75 bits per heavy atom. The lowest BCUT2D eigenvalue weighted by molar-refractivity contribution is -0.141. The zero-order valence-electron chi connectivity index (χ0n) is 11.8.